The summed E-state index contributed by atoms with van der Waals surface area (Å²) in [6.07, 6.45) is 1.02. The SMILES string of the molecule is CCc1ccc(CNc2ccc(F)c(F)c2)s1. The zero-order valence-electron chi connectivity index (χ0n) is 9.47. The van der Waals surface area contributed by atoms with Gasteiger partial charge in [0, 0.05) is 28.1 Å². The van der Waals surface area contributed by atoms with Gasteiger partial charge >= 0.3 is 0 Å². The highest BCUT2D eigenvalue weighted by Crippen LogP contribution is 2.19. The van der Waals surface area contributed by atoms with Crippen LogP contribution in [0.25, 0.3) is 0 Å². The summed E-state index contributed by atoms with van der Waals surface area (Å²) >= 11 is 1.73. The second-order valence-corrected chi connectivity index (χ2v) is 4.96. The molecular formula is C13H13F2NS. The van der Waals surface area contributed by atoms with E-state index in [0.717, 1.165) is 12.5 Å². The van der Waals surface area contributed by atoms with E-state index in [1.165, 1.54) is 21.9 Å². The first-order valence-corrected chi connectivity index (χ1v) is 6.27. The summed E-state index contributed by atoms with van der Waals surface area (Å²) in [7, 11) is 0. The lowest BCUT2D eigenvalue weighted by atomic mass is 10.3. The second kappa shape index (κ2) is 5.27. The molecule has 0 fully saturated rings. The van der Waals surface area contributed by atoms with Gasteiger partial charge in [0.05, 0.1) is 0 Å². The largest absolute Gasteiger partial charge is 0.380 e. The Morgan fingerprint density at radius 1 is 1.06 bits per heavy atom. The maximum atomic E-state index is 13.0. The summed E-state index contributed by atoms with van der Waals surface area (Å²) in [5.41, 5.74) is 0.593. The van der Waals surface area contributed by atoms with E-state index in [1.54, 1.807) is 11.3 Å². The van der Waals surface area contributed by atoms with Crippen molar-refractivity contribution in [2.45, 2.75) is 19.9 Å². The van der Waals surface area contributed by atoms with Gasteiger partial charge < -0.3 is 5.32 Å². The zero-order chi connectivity index (χ0) is 12.3. The first-order chi connectivity index (χ1) is 8.19. The van der Waals surface area contributed by atoms with Gasteiger partial charge in [-0.1, -0.05) is 6.92 Å². The van der Waals surface area contributed by atoms with Crippen molar-refractivity contribution in [1.82, 2.24) is 0 Å². The highest BCUT2D eigenvalue weighted by Gasteiger charge is 2.03. The quantitative estimate of drug-likeness (QED) is 0.861. The lowest BCUT2D eigenvalue weighted by molar-refractivity contribution is 0.509. The smallest absolute Gasteiger partial charge is 0.160 e. The fraction of sp³-hybridized carbons (Fsp3) is 0.231. The molecule has 0 saturated carbocycles. The van der Waals surface area contributed by atoms with Crippen LogP contribution in [0.4, 0.5) is 14.5 Å². The number of thiophene rings is 1. The third-order valence-corrected chi connectivity index (χ3v) is 3.68. The molecule has 2 aromatic rings. The average molecular weight is 253 g/mol. The Morgan fingerprint density at radius 3 is 2.47 bits per heavy atom. The molecule has 1 aromatic heterocycles. The van der Waals surface area contributed by atoms with E-state index in [-0.39, 0.29) is 0 Å². The minimum absolute atomic E-state index is 0.593. The summed E-state index contributed by atoms with van der Waals surface area (Å²) in [4.78, 5) is 2.51. The molecule has 0 radical (unpaired) electrons. The van der Waals surface area contributed by atoms with E-state index in [0.29, 0.717) is 12.2 Å². The first kappa shape index (κ1) is 12.0. The third-order valence-electron chi connectivity index (χ3n) is 2.45. The van der Waals surface area contributed by atoms with Gasteiger partial charge in [-0.2, -0.15) is 0 Å². The highest BCUT2D eigenvalue weighted by molar-refractivity contribution is 7.12. The number of benzene rings is 1. The summed E-state index contributed by atoms with van der Waals surface area (Å²) in [6.45, 7) is 2.74. The molecule has 90 valence electrons. The molecule has 0 spiro atoms. The van der Waals surface area contributed by atoms with Crippen molar-refractivity contribution in [3.05, 3.63) is 51.7 Å². The standard InChI is InChI=1S/C13H13F2NS/c1-2-10-4-5-11(17-10)8-16-9-3-6-12(14)13(15)7-9/h3-7,16H,2,8H2,1H3. The predicted molar refractivity (Wildman–Crippen MR) is 67.4 cm³/mol. The zero-order valence-corrected chi connectivity index (χ0v) is 10.3. The van der Waals surface area contributed by atoms with Gasteiger partial charge in [-0.25, -0.2) is 8.78 Å². The molecule has 0 aliphatic rings. The molecule has 1 N–H and O–H groups in total. The van der Waals surface area contributed by atoms with E-state index >= 15 is 0 Å². The molecule has 2 rings (SSSR count). The maximum Gasteiger partial charge on any atom is 0.160 e. The van der Waals surface area contributed by atoms with E-state index in [1.807, 2.05) is 0 Å². The average Bonchev–Trinajstić information content (AvgIpc) is 2.79. The Morgan fingerprint density at radius 2 is 1.82 bits per heavy atom. The summed E-state index contributed by atoms with van der Waals surface area (Å²) < 4.78 is 25.7. The van der Waals surface area contributed by atoms with Gasteiger partial charge in [0.2, 0.25) is 0 Å². The molecule has 17 heavy (non-hydrogen) atoms. The number of aryl methyl sites for hydroxylation is 1. The second-order valence-electron chi connectivity index (χ2n) is 3.70. The third kappa shape index (κ3) is 3.03. The molecule has 1 aromatic carbocycles. The highest BCUT2D eigenvalue weighted by atomic mass is 32.1. The fourth-order valence-electron chi connectivity index (χ4n) is 1.50. The monoisotopic (exact) mass is 253 g/mol. The van der Waals surface area contributed by atoms with Crippen LogP contribution in [-0.4, -0.2) is 0 Å². The number of nitrogens with one attached hydrogen (secondary N) is 1. The van der Waals surface area contributed by atoms with E-state index in [9.17, 15) is 8.78 Å². The predicted octanol–water partition coefficient (Wildman–Crippen LogP) is 4.20. The van der Waals surface area contributed by atoms with Crippen molar-refractivity contribution in [3.63, 3.8) is 0 Å². The number of anilines is 1. The summed E-state index contributed by atoms with van der Waals surface area (Å²) in [5.74, 6) is -1.64. The van der Waals surface area contributed by atoms with Crippen LogP contribution in [0, 0.1) is 11.6 Å². The lowest BCUT2D eigenvalue weighted by Gasteiger charge is -2.04. The van der Waals surface area contributed by atoms with Crippen molar-refractivity contribution in [3.8, 4) is 0 Å². The van der Waals surface area contributed by atoms with Crippen molar-refractivity contribution in [2.24, 2.45) is 0 Å². The van der Waals surface area contributed by atoms with Crippen molar-refractivity contribution < 1.29 is 8.78 Å². The molecule has 1 nitrogen and oxygen atoms in total. The lowest BCUT2D eigenvalue weighted by Crippen LogP contribution is -1.98. The van der Waals surface area contributed by atoms with Crippen LogP contribution in [0.3, 0.4) is 0 Å². The van der Waals surface area contributed by atoms with Crippen molar-refractivity contribution in [1.29, 1.82) is 0 Å². The molecule has 0 aliphatic heterocycles. The molecule has 0 unspecified atom stereocenters. The molecule has 1 heterocycles. The Hall–Kier alpha value is -1.42. The van der Waals surface area contributed by atoms with E-state index in [2.05, 4.69) is 24.4 Å². The number of hydrogen-bond donors (Lipinski definition) is 1. The van der Waals surface area contributed by atoms with Gasteiger partial charge in [0.25, 0.3) is 0 Å². The molecule has 0 bridgehead atoms. The number of halogens is 2. The van der Waals surface area contributed by atoms with E-state index < -0.39 is 11.6 Å². The summed E-state index contributed by atoms with van der Waals surface area (Å²) in [5, 5.41) is 3.07. The van der Waals surface area contributed by atoms with Crippen LogP contribution in [-0.2, 0) is 13.0 Å². The molecule has 0 atom stereocenters. The molecule has 0 amide bonds. The van der Waals surface area contributed by atoms with Crippen LogP contribution in [0.15, 0.2) is 30.3 Å². The number of hydrogen-bond acceptors (Lipinski definition) is 2. The van der Waals surface area contributed by atoms with Gasteiger partial charge in [-0.3, -0.25) is 0 Å². The van der Waals surface area contributed by atoms with Gasteiger partial charge in [-0.15, -0.1) is 11.3 Å². The molecule has 0 saturated heterocycles. The van der Waals surface area contributed by atoms with Gasteiger partial charge in [-0.05, 0) is 30.7 Å². The number of rotatable bonds is 4. The van der Waals surface area contributed by atoms with Gasteiger partial charge in [0.15, 0.2) is 11.6 Å². The fourth-order valence-corrected chi connectivity index (χ4v) is 2.40. The van der Waals surface area contributed by atoms with Crippen LogP contribution in [0.2, 0.25) is 0 Å². The Bertz CT molecular complexity index is 508. The Balaban J connectivity index is 1.99. The Labute approximate surface area is 103 Å². The Kier molecular flexibility index (Phi) is 3.74. The van der Waals surface area contributed by atoms with Crippen LogP contribution in [0.1, 0.15) is 16.7 Å². The van der Waals surface area contributed by atoms with E-state index in [4.69, 9.17) is 0 Å². The minimum atomic E-state index is -0.824. The summed E-state index contributed by atoms with van der Waals surface area (Å²) in [6, 6.07) is 7.98. The maximum absolute atomic E-state index is 13.0. The van der Waals surface area contributed by atoms with Crippen molar-refractivity contribution in [2.75, 3.05) is 5.32 Å². The normalized spacial score (nSPS) is 10.5. The van der Waals surface area contributed by atoms with Crippen molar-refractivity contribution >= 4 is 17.0 Å². The minimum Gasteiger partial charge on any atom is -0.380 e. The topological polar surface area (TPSA) is 12.0 Å². The van der Waals surface area contributed by atoms with Gasteiger partial charge in [0.1, 0.15) is 0 Å². The van der Waals surface area contributed by atoms with Crippen LogP contribution in [0.5, 0.6) is 0 Å². The molecular weight excluding hydrogens is 240 g/mol. The first-order valence-electron chi connectivity index (χ1n) is 5.45. The molecule has 4 heteroatoms. The van der Waals surface area contributed by atoms with Crippen LogP contribution >= 0.6 is 11.3 Å². The molecule has 0 aliphatic carbocycles. The van der Waals surface area contributed by atoms with Crippen LogP contribution < -0.4 is 5.32 Å².